The smallest absolute Gasteiger partial charge is 0.342 e. The van der Waals surface area contributed by atoms with Gasteiger partial charge in [0, 0.05) is 36.2 Å². The van der Waals surface area contributed by atoms with Crippen LogP contribution in [-0.4, -0.2) is 53.9 Å². The van der Waals surface area contributed by atoms with Gasteiger partial charge in [-0.1, -0.05) is 36.8 Å². The molecule has 1 fully saturated rings. The second-order valence-corrected chi connectivity index (χ2v) is 8.75. The van der Waals surface area contributed by atoms with Crippen molar-refractivity contribution in [2.24, 2.45) is 5.92 Å². The molecular formula is C27H33NO5. The third-order valence-corrected chi connectivity index (χ3v) is 6.52. The molecule has 0 aliphatic carbocycles. The van der Waals surface area contributed by atoms with Gasteiger partial charge in [0.25, 0.3) is 0 Å². The first-order valence-electron chi connectivity index (χ1n) is 12.0. The molecular weight excluding hydrogens is 418 g/mol. The second kappa shape index (κ2) is 10.9. The van der Waals surface area contributed by atoms with Gasteiger partial charge in [-0.15, -0.1) is 0 Å². The Morgan fingerprint density at radius 1 is 1.18 bits per heavy atom. The summed E-state index contributed by atoms with van der Waals surface area (Å²) in [7, 11) is 0. The summed E-state index contributed by atoms with van der Waals surface area (Å²) in [6.45, 7) is 5.18. The number of esters is 1. The van der Waals surface area contributed by atoms with Crippen LogP contribution in [0.2, 0.25) is 0 Å². The van der Waals surface area contributed by atoms with Crippen LogP contribution in [0.15, 0.2) is 46.9 Å². The molecule has 0 amide bonds. The molecule has 4 rings (SSSR count). The maximum Gasteiger partial charge on any atom is 0.342 e. The van der Waals surface area contributed by atoms with Crippen LogP contribution in [0.4, 0.5) is 0 Å². The fourth-order valence-electron chi connectivity index (χ4n) is 4.86. The number of carbonyl (C=O) groups excluding carboxylic acids is 1. The van der Waals surface area contributed by atoms with Gasteiger partial charge < -0.3 is 24.3 Å². The molecule has 1 unspecified atom stereocenters. The molecule has 6 nitrogen and oxygen atoms in total. The van der Waals surface area contributed by atoms with Crippen molar-refractivity contribution in [3.63, 3.8) is 0 Å². The molecule has 2 heterocycles. The van der Waals surface area contributed by atoms with E-state index in [1.54, 1.807) is 19.1 Å². The van der Waals surface area contributed by atoms with Crippen molar-refractivity contribution in [2.45, 2.75) is 39.0 Å². The van der Waals surface area contributed by atoms with Crippen LogP contribution in [0.3, 0.4) is 0 Å². The van der Waals surface area contributed by atoms with E-state index in [1.807, 2.05) is 30.3 Å². The number of aliphatic hydroxyl groups is 1. The van der Waals surface area contributed by atoms with E-state index >= 15 is 0 Å². The number of furan rings is 1. The minimum atomic E-state index is -0.438. The quantitative estimate of drug-likeness (QED) is 0.333. The van der Waals surface area contributed by atoms with Crippen molar-refractivity contribution in [1.29, 1.82) is 0 Å². The van der Waals surface area contributed by atoms with Crippen molar-refractivity contribution in [3.8, 4) is 17.1 Å². The molecule has 1 saturated heterocycles. The van der Waals surface area contributed by atoms with Gasteiger partial charge in [-0.2, -0.15) is 0 Å². The highest BCUT2D eigenvalue weighted by Gasteiger charge is 2.28. The Hall–Kier alpha value is -2.83. The maximum absolute atomic E-state index is 13.0. The van der Waals surface area contributed by atoms with Gasteiger partial charge in [0.2, 0.25) is 0 Å². The summed E-state index contributed by atoms with van der Waals surface area (Å²) < 4.78 is 11.5. The zero-order valence-electron chi connectivity index (χ0n) is 19.3. The van der Waals surface area contributed by atoms with E-state index in [0.29, 0.717) is 34.6 Å². The van der Waals surface area contributed by atoms with Crippen LogP contribution >= 0.6 is 0 Å². The Balaban J connectivity index is 1.62. The van der Waals surface area contributed by atoms with E-state index in [9.17, 15) is 9.90 Å². The van der Waals surface area contributed by atoms with Crippen LogP contribution in [0.1, 0.15) is 48.5 Å². The number of fused-ring (bicyclic) bond motifs is 1. The van der Waals surface area contributed by atoms with Gasteiger partial charge in [-0.25, -0.2) is 4.79 Å². The molecule has 0 saturated carbocycles. The number of phenols is 1. The molecule has 0 bridgehead atoms. The number of carbonyl (C=O) groups is 1. The van der Waals surface area contributed by atoms with E-state index in [0.717, 1.165) is 50.0 Å². The van der Waals surface area contributed by atoms with E-state index in [2.05, 4.69) is 4.90 Å². The molecule has 1 aromatic heterocycles. The normalized spacial score (nSPS) is 16.5. The highest BCUT2D eigenvalue weighted by atomic mass is 16.5. The van der Waals surface area contributed by atoms with Gasteiger partial charge in [0.1, 0.15) is 22.7 Å². The number of phenolic OH excluding ortho intramolecular Hbond substituents is 1. The predicted molar refractivity (Wildman–Crippen MR) is 128 cm³/mol. The van der Waals surface area contributed by atoms with Crippen molar-refractivity contribution in [1.82, 2.24) is 4.90 Å². The Bertz CT molecular complexity index is 1080. The summed E-state index contributed by atoms with van der Waals surface area (Å²) in [6, 6.07) is 12.9. The number of likely N-dealkylation sites (tertiary alicyclic amines) is 1. The molecule has 1 aliphatic heterocycles. The maximum atomic E-state index is 13.0. The van der Waals surface area contributed by atoms with E-state index in [1.165, 1.54) is 6.42 Å². The average Bonchev–Trinajstić information content (AvgIpc) is 3.44. The minimum absolute atomic E-state index is 0.173. The third kappa shape index (κ3) is 5.23. The summed E-state index contributed by atoms with van der Waals surface area (Å²) in [5.41, 5.74) is 2.48. The minimum Gasteiger partial charge on any atom is -0.508 e. The molecule has 0 radical (unpaired) electrons. The lowest BCUT2D eigenvalue weighted by Gasteiger charge is -2.17. The molecule has 1 aliphatic rings. The van der Waals surface area contributed by atoms with E-state index in [-0.39, 0.29) is 19.0 Å². The summed E-state index contributed by atoms with van der Waals surface area (Å²) in [5, 5.41) is 20.4. The molecule has 2 aromatic carbocycles. The first-order valence-corrected chi connectivity index (χ1v) is 12.0. The predicted octanol–water partition coefficient (Wildman–Crippen LogP) is 5.01. The summed E-state index contributed by atoms with van der Waals surface area (Å²) in [4.78, 5) is 15.4. The largest absolute Gasteiger partial charge is 0.508 e. The van der Waals surface area contributed by atoms with Crippen LogP contribution < -0.4 is 0 Å². The van der Waals surface area contributed by atoms with Gasteiger partial charge in [0.05, 0.1) is 6.61 Å². The van der Waals surface area contributed by atoms with Crippen molar-refractivity contribution >= 4 is 16.9 Å². The SMILES string of the molecule is CCOC(=O)c1c(-c2ccccc2)oc2ccc(O)c(CCN3CCC(CCCCO)C3)c12. The standard InChI is InChI=1S/C27H33NO5/c1-2-32-27(31)25-24-21(14-16-28-15-13-19(18-28)8-6-7-17-29)22(30)11-12-23(24)33-26(25)20-9-4-3-5-10-20/h3-5,9-12,19,29-30H,2,6-8,13-18H2,1H3. The Morgan fingerprint density at radius 3 is 2.76 bits per heavy atom. The zero-order valence-corrected chi connectivity index (χ0v) is 19.3. The first-order chi connectivity index (χ1) is 16.1. The van der Waals surface area contributed by atoms with Crippen LogP contribution in [0.25, 0.3) is 22.3 Å². The fraction of sp³-hybridized carbons (Fsp3) is 0.444. The van der Waals surface area contributed by atoms with Crippen molar-refractivity contribution in [2.75, 3.05) is 32.8 Å². The van der Waals surface area contributed by atoms with Crippen molar-refractivity contribution < 1.29 is 24.2 Å². The number of nitrogens with zero attached hydrogens (tertiary/aromatic N) is 1. The van der Waals surface area contributed by atoms with E-state index < -0.39 is 5.97 Å². The number of ether oxygens (including phenoxy) is 1. The Kier molecular flexibility index (Phi) is 7.68. The topological polar surface area (TPSA) is 83.1 Å². The number of aromatic hydroxyl groups is 1. The molecule has 33 heavy (non-hydrogen) atoms. The van der Waals surface area contributed by atoms with Crippen LogP contribution in [0.5, 0.6) is 5.75 Å². The van der Waals surface area contributed by atoms with Gasteiger partial charge >= 0.3 is 5.97 Å². The first kappa shape index (κ1) is 23.3. The average molecular weight is 452 g/mol. The number of rotatable bonds is 10. The fourth-order valence-corrected chi connectivity index (χ4v) is 4.86. The van der Waals surface area contributed by atoms with Gasteiger partial charge in [0.15, 0.2) is 0 Å². The molecule has 6 heteroatoms. The Morgan fingerprint density at radius 2 is 2.00 bits per heavy atom. The highest BCUT2D eigenvalue weighted by molar-refractivity contribution is 6.10. The zero-order chi connectivity index (χ0) is 23.2. The lowest BCUT2D eigenvalue weighted by molar-refractivity contribution is 0.0528. The lowest BCUT2D eigenvalue weighted by atomic mass is 9.99. The number of aliphatic hydroxyl groups excluding tert-OH is 1. The second-order valence-electron chi connectivity index (χ2n) is 8.75. The number of benzene rings is 2. The monoisotopic (exact) mass is 451 g/mol. The Labute approximate surface area is 194 Å². The molecule has 1 atom stereocenters. The summed E-state index contributed by atoms with van der Waals surface area (Å²) in [5.74, 6) is 0.870. The van der Waals surface area contributed by atoms with Crippen molar-refractivity contribution in [3.05, 3.63) is 53.6 Å². The molecule has 176 valence electrons. The number of hydrogen-bond donors (Lipinski definition) is 2. The number of unbranched alkanes of at least 4 members (excludes halogenated alkanes) is 1. The van der Waals surface area contributed by atoms with E-state index in [4.69, 9.17) is 14.3 Å². The number of hydrogen-bond acceptors (Lipinski definition) is 6. The molecule has 0 spiro atoms. The third-order valence-electron chi connectivity index (χ3n) is 6.52. The van der Waals surface area contributed by atoms with Gasteiger partial charge in [-0.3, -0.25) is 0 Å². The van der Waals surface area contributed by atoms with Gasteiger partial charge in [-0.05, 0) is 57.2 Å². The molecule has 2 N–H and O–H groups in total. The van der Waals surface area contributed by atoms with Crippen LogP contribution in [-0.2, 0) is 11.2 Å². The highest BCUT2D eigenvalue weighted by Crippen LogP contribution is 2.39. The lowest BCUT2D eigenvalue weighted by Crippen LogP contribution is -2.23. The summed E-state index contributed by atoms with van der Waals surface area (Å²) in [6.07, 6.45) is 4.86. The molecule has 3 aromatic rings. The van der Waals surface area contributed by atoms with Crippen LogP contribution in [0, 0.1) is 5.92 Å². The summed E-state index contributed by atoms with van der Waals surface area (Å²) >= 11 is 0.